The molecule has 0 aliphatic heterocycles. The molecule has 0 saturated carbocycles. The lowest BCUT2D eigenvalue weighted by atomic mass is 10.1. The molecule has 2 rings (SSSR count). The van der Waals surface area contributed by atoms with Crippen LogP contribution in [0.4, 0.5) is 17.1 Å². The van der Waals surface area contributed by atoms with Crippen molar-refractivity contribution in [3.05, 3.63) is 42.0 Å². The molecule has 0 unspecified atom stereocenters. The number of carbonyl (C=O) groups is 1. The van der Waals surface area contributed by atoms with Gasteiger partial charge >= 0.3 is 0 Å². The Morgan fingerprint density at radius 2 is 1.83 bits per heavy atom. The fourth-order valence-electron chi connectivity index (χ4n) is 2.21. The quantitative estimate of drug-likeness (QED) is 0.679. The number of benzene rings is 2. The van der Waals surface area contributed by atoms with E-state index in [0.29, 0.717) is 35.0 Å². The van der Waals surface area contributed by atoms with Crippen LogP contribution in [0.1, 0.15) is 23.7 Å². The molecule has 2 aromatic carbocycles. The summed E-state index contributed by atoms with van der Waals surface area (Å²) in [6.07, 6.45) is 0.887. The first-order valence-electron chi connectivity index (χ1n) is 7.75. The van der Waals surface area contributed by atoms with Crippen molar-refractivity contribution in [3.63, 3.8) is 0 Å². The monoisotopic (exact) mass is 329 g/mol. The van der Waals surface area contributed by atoms with Gasteiger partial charge in [-0.05, 0) is 36.8 Å². The molecule has 6 nitrogen and oxygen atoms in total. The molecular weight excluding hydrogens is 306 g/mol. The van der Waals surface area contributed by atoms with Crippen LogP contribution < -0.4 is 25.8 Å². The molecule has 0 aliphatic rings. The molecule has 0 aromatic heterocycles. The van der Waals surface area contributed by atoms with E-state index in [9.17, 15) is 4.79 Å². The van der Waals surface area contributed by atoms with Gasteiger partial charge in [0, 0.05) is 18.2 Å². The lowest BCUT2D eigenvalue weighted by Gasteiger charge is -2.14. The molecule has 24 heavy (non-hydrogen) atoms. The number of hydrogen-bond acceptors (Lipinski definition) is 5. The highest BCUT2D eigenvalue weighted by Crippen LogP contribution is 2.33. The molecule has 0 saturated heterocycles. The standard InChI is InChI=1S/C18H23N3O3/c1-4-9-20-18(22)12-5-7-15(14(19)10-12)21-16-8-6-13(23-2)11-17(16)24-3/h5-8,10-11,21H,4,9,19H2,1-3H3,(H,20,22). The van der Waals surface area contributed by atoms with Gasteiger partial charge in [0.2, 0.25) is 0 Å². The van der Waals surface area contributed by atoms with Crippen LogP contribution in [0.25, 0.3) is 0 Å². The van der Waals surface area contributed by atoms with Gasteiger partial charge in [-0.3, -0.25) is 4.79 Å². The van der Waals surface area contributed by atoms with Crippen LogP contribution in [0.3, 0.4) is 0 Å². The summed E-state index contributed by atoms with van der Waals surface area (Å²) in [6.45, 7) is 2.64. The maximum Gasteiger partial charge on any atom is 0.251 e. The van der Waals surface area contributed by atoms with Crippen LogP contribution in [0, 0.1) is 0 Å². The number of ether oxygens (including phenoxy) is 2. The minimum atomic E-state index is -0.128. The highest BCUT2D eigenvalue weighted by Gasteiger charge is 2.10. The second-order valence-electron chi connectivity index (χ2n) is 5.25. The van der Waals surface area contributed by atoms with E-state index in [1.165, 1.54) is 0 Å². The molecule has 0 spiro atoms. The predicted octanol–water partition coefficient (Wildman–Crippen LogP) is 3.17. The zero-order valence-electron chi connectivity index (χ0n) is 14.2. The molecule has 0 heterocycles. The zero-order chi connectivity index (χ0) is 17.5. The van der Waals surface area contributed by atoms with Gasteiger partial charge in [-0.1, -0.05) is 6.92 Å². The molecule has 4 N–H and O–H groups in total. The summed E-state index contributed by atoms with van der Waals surface area (Å²) < 4.78 is 10.5. The van der Waals surface area contributed by atoms with Gasteiger partial charge in [-0.2, -0.15) is 0 Å². The Labute approximate surface area is 142 Å². The maximum atomic E-state index is 12.0. The average Bonchev–Trinajstić information content (AvgIpc) is 2.61. The first kappa shape index (κ1) is 17.5. The second kappa shape index (κ2) is 8.10. The summed E-state index contributed by atoms with van der Waals surface area (Å²) >= 11 is 0. The Bertz CT molecular complexity index is 717. The van der Waals surface area contributed by atoms with Gasteiger partial charge in [0.05, 0.1) is 31.3 Å². The normalized spacial score (nSPS) is 10.1. The summed E-state index contributed by atoms with van der Waals surface area (Å²) in [5.41, 5.74) is 8.55. The van der Waals surface area contributed by atoms with Crippen LogP contribution in [0.15, 0.2) is 36.4 Å². The highest BCUT2D eigenvalue weighted by atomic mass is 16.5. The summed E-state index contributed by atoms with van der Waals surface area (Å²) in [6, 6.07) is 10.6. The molecule has 0 fully saturated rings. The fraction of sp³-hybridized carbons (Fsp3) is 0.278. The molecule has 1 amide bonds. The van der Waals surface area contributed by atoms with Gasteiger partial charge in [-0.25, -0.2) is 0 Å². The molecule has 128 valence electrons. The number of nitrogens with one attached hydrogen (secondary N) is 2. The van der Waals surface area contributed by atoms with E-state index in [0.717, 1.165) is 12.1 Å². The third kappa shape index (κ3) is 4.10. The van der Waals surface area contributed by atoms with Gasteiger partial charge in [-0.15, -0.1) is 0 Å². The van der Waals surface area contributed by atoms with Gasteiger partial charge in [0.1, 0.15) is 11.5 Å². The highest BCUT2D eigenvalue weighted by molar-refractivity contribution is 5.96. The number of methoxy groups -OCH3 is 2. The number of nitrogen functional groups attached to an aromatic ring is 1. The van der Waals surface area contributed by atoms with Crippen molar-refractivity contribution in [2.45, 2.75) is 13.3 Å². The Kier molecular flexibility index (Phi) is 5.89. The molecular formula is C18H23N3O3. The minimum absolute atomic E-state index is 0.128. The van der Waals surface area contributed by atoms with Crippen molar-refractivity contribution in [2.75, 3.05) is 31.8 Å². The first-order chi connectivity index (χ1) is 11.6. The van der Waals surface area contributed by atoms with E-state index in [1.54, 1.807) is 38.5 Å². The molecule has 0 aliphatic carbocycles. The smallest absolute Gasteiger partial charge is 0.251 e. The molecule has 0 bridgehead atoms. The number of carbonyl (C=O) groups excluding carboxylic acids is 1. The molecule has 2 aromatic rings. The summed E-state index contributed by atoms with van der Waals surface area (Å²) in [7, 11) is 3.19. The van der Waals surface area contributed by atoms with Crippen molar-refractivity contribution in [3.8, 4) is 11.5 Å². The number of nitrogens with two attached hydrogens (primary N) is 1. The molecule has 0 radical (unpaired) electrons. The average molecular weight is 329 g/mol. The number of anilines is 3. The summed E-state index contributed by atoms with van der Waals surface area (Å²) in [5.74, 6) is 1.21. The molecule has 6 heteroatoms. The fourth-order valence-corrected chi connectivity index (χ4v) is 2.21. The summed E-state index contributed by atoms with van der Waals surface area (Å²) in [5, 5.41) is 6.04. The predicted molar refractivity (Wildman–Crippen MR) is 96.3 cm³/mol. The van der Waals surface area contributed by atoms with E-state index >= 15 is 0 Å². The Morgan fingerprint density at radius 1 is 1.08 bits per heavy atom. The van der Waals surface area contributed by atoms with E-state index in [2.05, 4.69) is 10.6 Å². The second-order valence-corrected chi connectivity index (χ2v) is 5.25. The first-order valence-corrected chi connectivity index (χ1v) is 7.75. The lowest BCUT2D eigenvalue weighted by Crippen LogP contribution is -2.24. The van der Waals surface area contributed by atoms with Crippen molar-refractivity contribution in [1.82, 2.24) is 5.32 Å². The Hall–Kier alpha value is -2.89. The zero-order valence-corrected chi connectivity index (χ0v) is 14.2. The van der Waals surface area contributed by atoms with Gasteiger partial charge in [0.15, 0.2) is 0 Å². The number of rotatable bonds is 7. The van der Waals surface area contributed by atoms with Crippen LogP contribution in [-0.4, -0.2) is 26.7 Å². The van der Waals surface area contributed by atoms with Crippen molar-refractivity contribution >= 4 is 23.0 Å². The van der Waals surface area contributed by atoms with Crippen LogP contribution in [0.5, 0.6) is 11.5 Å². The largest absolute Gasteiger partial charge is 0.497 e. The number of hydrogen-bond donors (Lipinski definition) is 3. The van der Waals surface area contributed by atoms with Crippen LogP contribution in [-0.2, 0) is 0 Å². The molecule has 0 atom stereocenters. The van der Waals surface area contributed by atoms with E-state index < -0.39 is 0 Å². The number of amides is 1. The van der Waals surface area contributed by atoms with Gasteiger partial charge in [0.25, 0.3) is 5.91 Å². The van der Waals surface area contributed by atoms with Crippen molar-refractivity contribution < 1.29 is 14.3 Å². The SMILES string of the molecule is CCCNC(=O)c1ccc(Nc2ccc(OC)cc2OC)c(N)c1. The van der Waals surface area contributed by atoms with E-state index in [1.807, 2.05) is 19.1 Å². The topological polar surface area (TPSA) is 85.6 Å². The minimum Gasteiger partial charge on any atom is -0.497 e. The maximum absolute atomic E-state index is 12.0. The van der Waals surface area contributed by atoms with E-state index in [4.69, 9.17) is 15.2 Å². The third-order valence-corrected chi connectivity index (χ3v) is 3.53. The van der Waals surface area contributed by atoms with Crippen LogP contribution >= 0.6 is 0 Å². The lowest BCUT2D eigenvalue weighted by molar-refractivity contribution is 0.0953. The van der Waals surface area contributed by atoms with E-state index in [-0.39, 0.29) is 5.91 Å². The third-order valence-electron chi connectivity index (χ3n) is 3.53. The Balaban J connectivity index is 2.20. The van der Waals surface area contributed by atoms with Crippen LogP contribution in [0.2, 0.25) is 0 Å². The van der Waals surface area contributed by atoms with Gasteiger partial charge < -0.3 is 25.8 Å². The van der Waals surface area contributed by atoms with Crippen molar-refractivity contribution in [2.24, 2.45) is 0 Å². The van der Waals surface area contributed by atoms with Crippen molar-refractivity contribution in [1.29, 1.82) is 0 Å². The summed E-state index contributed by atoms with van der Waals surface area (Å²) in [4.78, 5) is 12.0. The Morgan fingerprint density at radius 3 is 2.46 bits per heavy atom.